The highest BCUT2D eigenvalue weighted by molar-refractivity contribution is 8.48. The highest BCUT2D eigenvalue weighted by Crippen LogP contribution is 2.55. The van der Waals surface area contributed by atoms with Crippen molar-refractivity contribution in [1.82, 2.24) is 0 Å². The van der Waals surface area contributed by atoms with Gasteiger partial charge in [0.2, 0.25) is 0 Å². The summed E-state index contributed by atoms with van der Waals surface area (Å²) in [6.07, 6.45) is 4.95. The van der Waals surface area contributed by atoms with Gasteiger partial charge in [-0.05, 0) is 34.5 Å². The lowest BCUT2D eigenvalue weighted by Gasteiger charge is -2.28. The van der Waals surface area contributed by atoms with Crippen LogP contribution in [0.15, 0.2) is 60.7 Å². The molecule has 0 atom stereocenters. The van der Waals surface area contributed by atoms with E-state index in [4.69, 9.17) is 11.2 Å². The summed E-state index contributed by atoms with van der Waals surface area (Å²) in [7, 11) is -0.786. The molecule has 0 saturated carbocycles. The topological polar surface area (TPSA) is 0 Å². The first kappa shape index (κ1) is 14.8. The van der Waals surface area contributed by atoms with Crippen LogP contribution in [0.2, 0.25) is 0 Å². The van der Waals surface area contributed by atoms with Crippen LogP contribution in [-0.2, 0) is 0 Å². The van der Waals surface area contributed by atoms with Crippen molar-refractivity contribution in [2.75, 3.05) is 18.8 Å². The first-order valence-corrected chi connectivity index (χ1v) is 11.8. The Morgan fingerprint density at radius 1 is 0.789 bits per heavy atom. The number of hydrogen-bond acceptors (Lipinski definition) is 0. The normalized spacial score (nSPS) is 13.1. The van der Waals surface area contributed by atoms with Crippen molar-refractivity contribution in [3.8, 4) is 0 Å². The smallest absolute Gasteiger partial charge is 0.0383 e. The van der Waals surface area contributed by atoms with Gasteiger partial charge in [-0.25, -0.2) is 10.0 Å². The molecular formula is C16H20ClPS. The van der Waals surface area contributed by atoms with Crippen molar-refractivity contribution in [3.05, 3.63) is 60.7 Å². The highest BCUT2D eigenvalue weighted by Gasteiger charge is 2.21. The zero-order chi connectivity index (χ0) is 13.9. The van der Waals surface area contributed by atoms with Crippen molar-refractivity contribution in [2.45, 2.75) is 0 Å². The van der Waals surface area contributed by atoms with Gasteiger partial charge in [-0.3, -0.25) is 0 Å². The minimum absolute atomic E-state index is 0.786. The van der Waals surface area contributed by atoms with Gasteiger partial charge < -0.3 is 0 Å². The van der Waals surface area contributed by atoms with Gasteiger partial charge >= 0.3 is 0 Å². The average molecular weight is 311 g/mol. The molecule has 0 aliphatic heterocycles. The zero-order valence-corrected chi connectivity index (χ0v) is 14.1. The number of halogens is 1. The molecule has 0 fully saturated rings. The Morgan fingerprint density at radius 3 is 1.47 bits per heavy atom. The summed E-state index contributed by atoms with van der Waals surface area (Å²) in [6.45, 7) is 0. The van der Waals surface area contributed by atoms with E-state index in [-0.39, 0.29) is 0 Å². The Morgan fingerprint density at radius 2 is 1.16 bits per heavy atom. The molecule has 0 saturated heterocycles. The quantitative estimate of drug-likeness (QED) is 0.743. The predicted molar refractivity (Wildman–Crippen MR) is 96.4 cm³/mol. The van der Waals surface area contributed by atoms with Crippen molar-refractivity contribution in [1.29, 1.82) is 0 Å². The fraction of sp³-hybridized carbons (Fsp3) is 0.188. The predicted octanol–water partition coefficient (Wildman–Crippen LogP) is 4.26. The summed E-state index contributed by atoms with van der Waals surface area (Å²) in [5.74, 6) is 0. The Balaban J connectivity index is 2.69. The van der Waals surface area contributed by atoms with Gasteiger partial charge in [-0.2, -0.15) is 0 Å². The Labute approximate surface area is 122 Å². The fourth-order valence-electron chi connectivity index (χ4n) is 2.00. The molecule has 0 nitrogen and oxygen atoms in total. The van der Waals surface area contributed by atoms with Crippen LogP contribution in [0.25, 0.3) is 0 Å². The van der Waals surface area contributed by atoms with Crippen LogP contribution in [-0.4, -0.2) is 23.9 Å². The zero-order valence-electron chi connectivity index (χ0n) is 11.6. The molecule has 0 radical (unpaired) electrons. The molecule has 2 aromatic carbocycles. The van der Waals surface area contributed by atoms with Crippen molar-refractivity contribution >= 4 is 43.2 Å². The van der Waals surface area contributed by atoms with E-state index in [0.29, 0.717) is 0 Å². The molecule has 2 rings (SSSR count). The van der Waals surface area contributed by atoms with Gasteiger partial charge in [0.15, 0.2) is 0 Å². The molecular weight excluding hydrogens is 291 g/mol. The van der Waals surface area contributed by atoms with E-state index in [0.717, 1.165) is 0 Å². The number of hydrogen-bond donors (Lipinski definition) is 0. The molecule has 0 aliphatic carbocycles. The van der Waals surface area contributed by atoms with E-state index >= 15 is 0 Å². The minimum atomic E-state index is -1.91. The summed E-state index contributed by atoms with van der Waals surface area (Å²) in [5, 5.41) is 4.89. The molecule has 0 unspecified atom stereocenters. The van der Waals surface area contributed by atoms with Crippen molar-refractivity contribution in [3.63, 3.8) is 0 Å². The third kappa shape index (κ3) is 3.69. The van der Waals surface area contributed by atoms with Crippen molar-refractivity contribution < 1.29 is 0 Å². The second-order valence-corrected chi connectivity index (χ2v) is 14.0. The maximum absolute atomic E-state index is 7.15. The fourth-order valence-corrected chi connectivity index (χ4v) is 10.8. The molecule has 2 aromatic rings. The summed E-state index contributed by atoms with van der Waals surface area (Å²) >= 11 is 7.15. The van der Waals surface area contributed by atoms with Crippen LogP contribution in [0.1, 0.15) is 0 Å². The molecule has 0 amide bonds. The molecule has 0 heterocycles. The standard InChI is InChI=1S/C16H20ClPS/c1-19(2,3)14-18(17,15-10-6-4-7-11-15)16-12-8-5-9-13-16/h4-14H,1-3H3. The Hall–Kier alpha value is -0.620. The molecule has 19 heavy (non-hydrogen) atoms. The average Bonchev–Trinajstić information content (AvgIpc) is 2.39. The van der Waals surface area contributed by atoms with E-state index in [1.807, 2.05) is 12.1 Å². The van der Waals surface area contributed by atoms with E-state index in [9.17, 15) is 0 Å². The first-order chi connectivity index (χ1) is 8.92. The van der Waals surface area contributed by atoms with E-state index in [2.05, 4.69) is 72.4 Å². The molecule has 0 bridgehead atoms. The third-order valence-corrected chi connectivity index (χ3v) is 10.4. The largest absolute Gasteiger partial charge is 0.228 e. The second-order valence-electron chi connectivity index (χ2n) is 5.34. The van der Waals surface area contributed by atoms with Crippen LogP contribution in [0.3, 0.4) is 0 Å². The Kier molecular flexibility index (Phi) is 4.50. The monoisotopic (exact) mass is 310 g/mol. The summed E-state index contributed by atoms with van der Waals surface area (Å²) in [6, 6.07) is 21.0. The molecule has 0 aromatic heterocycles. The van der Waals surface area contributed by atoms with Gasteiger partial charge in [0, 0.05) is 6.24 Å². The van der Waals surface area contributed by atoms with Gasteiger partial charge in [-0.1, -0.05) is 71.9 Å². The van der Waals surface area contributed by atoms with Gasteiger partial charge in [0.05, 0.1) is 0 Å². The Bertz CT molecular complexity index is 542. The SMILES string of the molecule is CS(C)(C)C=P(Cl)(c1ccccc1)c1ccccc1. The van der Waals surface area contributed by atoms with Crippen LogP contribution in [0.5, 0.6) is 0 Å². The molecule has 0 N–H and O–H groups in total. The van der Waals surface area contributed by atoms with Crippen LogP contribution < -0.4 is 10.6 Å². The van der Waals surface area contributed by atoms with E-state index in [1.54, 1.807) is 0 Å². The lowest BCUT2D eigenvalue weighted by atomic mass is 10.4. The third-order valence-electron chi connectivity index (χ3n) is 2.73. The minimum Gasteiger partial charge on any atom is -0.228 e. The van der Waals surface area contributed by atoms with Crippen LogP contribution in [0.4, 0.5) is 0 Å². The maximum atomic E-state index is 7.15. The lowest BCUT2D eigenvalue weighted by Crippen LogP contribution is -2.15. The summed E-state index contributed by atoms with van der Waals surface area (Å²) in [5.41, 5.74) is 0. The van der Waals surface area contributed by atoms with E-state index in [1.165, 1.54) is 10.6 Å². The van der Waals surface area contributed by atoms with Gasteiger partial charge in [0.1, 0.15) is 0 Å². The lowest BCUT2D eigenvalue weighted by molar-refractivity contribution is 1.76. The van der Waals surface area contributed by atoms with Gasteiger partial charge in [-0.15, -0.1) is 0 Å². The summed E-state index contributed by atoms with van der Waals surface area (Å²) in [4.78, 5) is 0. The molecule has 0 aliphatic rings. The maximum Gasteiger partial charge on any atom is 0.0383 e. The van der Waals surface area contributed by atoms with Gasteiger partial charge in [0.25, 0.3) is 0 Å². The van der Waals surface area contributed by atoms with Crippen LogP contribution in [0, 0.1) is 0 Å². The second kappa shape index (κ2) is 5.79. The first-order valence-electron chi connectivity index (χ1n) is 6.16. The number of rotatable bonds is 3. The highest BCUT2D eigenvalue weighted by atomic mass is 35.7. The molecule has 0 spiro atoms. The van der Waals surface area contributed by atoms with Crippen molar-refractivity contribution in [2.24, 2.45) is 0 Å². The summed E-state index contributed by atoms with van der Waals surface area (Å²) < 4.78 is 0. The van der Waals surface area contributed by atoms with Crippen LogP contribution >= 0.6 is 27.5 Å². The van der Waals surface area contributed by atoms with E-state index < -0.39 is 16.3 Å². The molecule has 102 valence electrons. The number of benzene rings is 2. The molecule has 3 heteroatoms.